The molecule has 0 bridgehead atoms. The minimum absolute atomic E-state index is 0.111. The Labute approximate surface area is 195 Å². The van der Waals surface area contributed by atoms with Crippen LogP contribution in [0.15, 0.2) is 52.2 Å². The second kappa shape index (κ2) is 8.94. The minimum Gasteiger partial charge on any atom is -0.497 e. The van der Waals surface area contributed by atoms with Crippen molar-refractivity contribution in [2.75, 3.05) is 33.3 Å². The summed E-state index contributed by atoms with van der Waals surface area (Å²) in [6.45, 7) is 6.88. The highest BCUT2D eigenvalue weighted by Gasteiger charge is 2.36. The zero-order valence-electron chi connectivity index (χ0n) is 18.7. The summed E-state index contributed by atoms with van der Waals surface area (Å²) >= 11 is 6.07. The number of fused-ring (bicyclic) bond motifs is 1. The lowest BCUT2D eigenvalue weighted by Crippen LogP contribution is -2.54. The molecule has 0 aliphatic carbocycles. The van der Waals surface area contributed by atoms with Gasteiger partial charge in [0.05, 0.1) is 28.4 Å². The molecule has 170 valence electrons. The van der Waals surface area contributed by atoms with Crippen LogP contribution in [0.25, 0.3) is 10.9 Å². The van der Waals surface area contributed by atoms with Gasteiger partial charge in [0.25, 0.3) is 5.56 Å². The fourth-order valence-electron chi connectivity index (χ4n) is 4.19. The molecule has 0 radical (unpaired) electrons. The van der Waals surface area contributed by atoms with Crippen LogP contribution in [0.2, 0.25) is 5.02 Å². The van der Waals surface area contributed by atoms with E-state index in [0.29, 0.717) is 47.9 Å². The van der Waals surface area contributed by atoms with Gasteiger partial charge < -0.3 is 4.74 Å². The highest BCUT2D eigenvalue weighted by atomic mass is 35.5. The molecule has 7 nitrogen and oxygen atoms in total. The number of ether oxygens (including phenoxy) is 1. The van der Waals surface area contributed by atoms with Crippen LogP contribution in [0.1, 0.15) is 19.7 Å². The molecule has 0 spiro atoms. The number of hydrogen-bond donors (Lipinski definition) is 0. The maximum absolute atomic E-state index is 13.0. The van der Waals surface area contributed by atoms with E-state index in [1.807, 2.05) is 28.6 Å². The summed E-state index contributed by atoms with van der Waals surface area (Å²) in [6.07, 6.45) is 0. The summed E-state index contributed by atoms with van der Waals surface area (Å²) in [5.74, 6) is 1.44. The Bertz CT molecular complexity index is 1220. The third kappa shape index (κ3) is 4.20. The van der Waals surface area contributed by atoms with Gasteiger partial charge in [0.2, 0.25) is 0 Å². The van der Waals surface area contributed by atoms with Gasteiger partial charge >= 0.3 is 0 Å². The fraction of sp³-hybridized carbons (Fsp3) is 0.391. The van der Waals surface area contributed by atoms with Crippen LogP contribution in [-0.4, -0.2) is 56.3 Å². The van der Waals surface area contributed by atoms with Crippen molar-refractivity contribution in [3.63, 3.8) is 0 Å². The van der Waals surface area contributed by atoms with Gasteiger partial charge in [-0.05, 0) is 56.3 Å². The molecule has 9 heteroatoms. The van der Waals surface area contributed by atoms with Gasteiger partial charge in [-0.15, -0.1) is 0 Å². The SMILES string of the molecule is COc1ccc(S(=O)N2CCN(C(C)(C)c3nc4ccc(Cl)cc4c(=O)n3C)CC2)cc1. The number of benzene rings is 2. The zero-order valence-corrected chi connectivity index (χ0v) is 20.2. The van der Waals surface area contributed by atoms with Gasteiger partial charge in [0.15, 0.2) is 0 Å². The predicted molar refractivity (Wildman–Crippen MR) is 128 cm³/mol. The molecule has 1 unspecified atom stereocenters. The van der Waals surface area contributed by atoms with E-state index in [2.05, 4.69) is 18.7 Å². The summed E-state index contributed by atoms with van der Waals surface area (Å²) < 4.78 is 21.8. The molecule has 1 aliphatic heterocycles. The maximum atomic E-state index is 13.0. The summed E-state index contributed by atoms with van der Waals surface area (Å²) in [5.41, 5.74) is 0.0507. The van der Waals surface area contributed by atoms with Crippen molar-refractivity contribution in [2.24, 2.45) is 7.05 Å². The number of halogens is 1. The molecule has 0 saturated carbocycles. The van der Waals surface area contributed by atoms with Crippen molar-refractivity contribution >= 4 is 33.5 Å². The van der Waals surface area contributed by atoms with E-state index in [1.165, 1.54) is 0 Å². The van der Waals surface area contributed by atoms with Crippen molar-refractivity contribution in [1.82, 2.24) is 18.8 Å². The molecule has 1 aliphatic rings. The Morgan fingerprint density at radius 2 is 1.72 bits per heavy atom. The Hall–Kier alpha value is -2.26. The molecular weight excluding hydrogens is 448 g/mol. The third-order valence-electron chi connectivity index (χ3n) is 6.11. The molecule has 2 aromatic carbocycles. The van der Waals surface area contributed by atoms with E-state index in [1.54, 1.807) is 36.9 Å². The quantitative estimate of drug-likeness (QED) is 0.568. The number of aromatic nitrogens is 2. The number of methoxy groups -OCH3 is 1. The van der Waals surface area contributed by atoms with Gasteiger partial charge in [-0.2, -0.15) is 0 Å². The highest BCUT2D eigenvalue weighted by Crippen LogP contribution is 2.29. The molecule has 1 saturated heterocycles. The number of piperazine rings is 1. The van der Waals surface area contributed by atoms with E-state index >= 15 is 0 Å². The van der Waals surface area contributed by atoms with Gasteiger partial charge in [0.1, 0.15) is 22.6 Å². The molecule has 0 amide bonds. The predicted octanol–water partition coefficient (Wildman–Crippen LogP) is 3.17. The minimum atomic E-state index is -1.23. The smallest absolute Gasteiger partial charge is 0.261 e. The van der Waals surface area contributed by atoms with Crippen LogP contribution in [-0.2, 0) is 23.6 Å². The monoisotopic (exact) mass is 474 g/mol. The van der Waals surface area contributed by atoms with Gasteiger partial charge in [0, 0.05) is 38.2 Å². The molecule has 3 aromatic rings. The maximum Gasteiger partial charge on any atom is 0.261 e. The number of rotatable bonds is 5. The van der Waals surface area contributed by atoms with Crippen molar-refractivity contribution in [2.45, 2.75) is 24.3 Å². The molecular formula is C23H27ClN4O3S. The van der Waals surface area contributed by atoms with Crippen LogP contribution in [0.4, 0.5) is 0 Å². The van der Waals surface area contributed by atoms with E-state index < -0.39 is 16.5 Å². The van der Waals surface area contributed by atoms with Crippen LogP contribution >= 0.6 is 11.6 Å². The van der Waals surface area contributed by atoms with Crippen molar-refractivity contribution in [3.8, 4) is 5.75 Å². The Morgan fingerprint density at radius 3 is 2.34 bits per heavy atom. The second-order valence-corrected chi connectivity index (χ2v) is 10.3. The van der Waals surface area contributed by atoms with Crippen LogP contribution in [0.3, 0.4) is 0 Å². The first-order chi connectivity index (χ1) is 15.2. The Balaban J connectivity index is 1.54. The summed E-state index contributed by atoms with van der Waals surface area (Å²) in [5, 5.41) is 1.03. The lowest BCUT2D eigenvalue weighted by atomic mass is 9.99. The molecule has 4 rings (SSSR count). The summed E-state index contributed by atoms with van der Waals surface area (Å²) in [7, 11) is 2.14. The van der Waals surface area contributed by atoms with Crippen molar-refractivity contribution in [1.29, 1.82) is 0 Å². The van der Waals surface area contributed by atoms with Gasteiger partial charge in [-0.1, -0.05) is 11.6 Å². The number of hydrogen-bond acceptors (Lipinski definition) is 5. The topological polar surface area (TPSA) is 67.7 Å². The average molecular weight is 475 g/mol. The average Bonchev–Trinajstić information content (AvgIpc) is 2.81. The van der Waals surface area contributed by atoms with E-state index in [4.69, 9.17) is 21.3 Å². The molecule has 0 N–H and O–H groups in total. The van der Waals surface area contributed by atoms with Crippen molar-refractivity contribution in [3.05, 3.63) is 63.7 Å². The highest BCUT2D eigenvalue weighted by molar-refractivity contribution is 7.82. The summed E-state index contributed by atoms with van der Waals surface area (Å²) in [4.78, 5) is 20.8. The molecule has 1 atom stereocenters. The molecule has 1 aromatic heterocycles. The molecule has 32 heavy (non-hydrogen) atoms. The summed E-state index contributed by atoms with van der Waals surface area (Å²) in [6, 6.07) is 12.5. The van der Waals surface area contributed by atoms with Gasteiger partial charge in [-0.25, -0.2) is 13.5 Å². The molecule has 2 heterocycles. The van der Waals surface area contributed by atoms with Crippen LogP contribution < -0.4 is 10.3 Å². The Kier molecular flexibility index (Phi) is 6.40. The molecule has 1 fully saturated rings. The number of nitrogens with zero attached hydrogens (tertiary/aromatic N) is 4. The first kappa shape index (κ1) is 22.9. The standard InChI is InChI=1S/C23H27ClN4O3S/c1-23(2,22-25-20-10-5-16(24)15-19(20)21(29)26(22)3)27-11-13-28(14-12-27)32(30)18-8-6-17(31-4)7-9-18/h5-10,15H,11-14H2,1-4H3. The first-order valence-corrected chi connectivity index (χ1v) is 11.9. The lowest BCUT2D eigenvalue weighted by molar-refractivity contribution is 0.0700. The largest absolute Gasteiger partial charge is 0.497 e. The lowest BCUT2D eigenvalue weighted by Gasteiger charge is -2.43. The normalized spacial score (nSPS) is 16.9. The third-order valence-corrected chi connectivity index (χ3v) is 7.85. The van der Waals surface area contributed by atoms with Gasteiger partial charge in [-0.3, -0.25) is 14.3 Å². The van der Waals surface area contributed by atoms with E-state index in [0.717, 1.165) is 10.6 Å². The first-order valence-electron chi connectivity index (χ1n) is 10.4. The van der Waals surface area contributed by atoms with Crippen LogP contribution in [0, 0.1) is 0 Å². The van der Waals surface area contributed by atoms with Crippen molar-refractivity contribution < 1.29 is 8.95 Å². The van der Waals surface area contributed by atoms with Crippen LogP contribution in [0.5, 0.6) is 5.75 Å². The zero-order chi connectivity index (χ0) is 23.0. The second-order valence-electron chi connectivity index (χ2n) is 8.36. The Morgan fingerprint density at radius 1 is 1.06 bits per heavy atom. The van der Waals surface area contributed by atoms with E-state index in [9.17, 15) is 9.00 Å². The fourth-order valence-corrected chi connectivity index (χ4v) is 5.52. The van der Waals surface area contributed by atoms with E-state index in [-0.39, 0.29) is 5.56 Å².